The molecule has 1 aromatic heterocycles. The molecule has 1 N–H and O–H groups in total. The van der Waals surface area contributed by atoms with Crippen LogP contribution in [-0.4, -0.2) is 15.6 Å². The van der Waals surface area contributed by atoms with Crippen molar-refractivity contribution in [2.45, 2.75) is 13.5 Å². The third-order valence-corrected chi connectivity index (χ3v) is 3.70. The van der Waals surface area contributed by atoms with Crippen LogP contribution >= 0.6 is 0 Å². The smallest absolute Gasteiger partial charge is 0.335 e. The fourth-order valence-corrected chi connectivity index (χ4v) is 2.59. The van der Waals surface area contributed by atoms with Gasteiger partial charge in [0, 0.05) is 29.7 Å². The average molecular weight is 295 g/mol. The minimum Gasteiger partial charge on any atom is -0.489 e. The molecule has 0 bridgehead atoms. The molecule has 4 heteroatoms. The first-order valence-corrected chi connectivity index (χ1v) is 7.05. The number of aryl methyl sites for hydroxylation is 2. The number of hydrogen-bond acceptors (Lipinski definition) is 2. The fourth-order valence-electron chi connectivity index (χ4n) is 2.59. The van der Waals surface area contributed by atoms with Crippen LogP contribution in [0.5, 0.6) is 5.75 Å². The Morgan fingerprint density at radius 1 is 1.23 bits per heavy atom. The number of fused-ring (bicyclic) bond motifs is 1. The summed E-state index contributed by atoms with van der Waals surface area (Å²) < 4.78 is 7.82. The van der Waals surface area contributed by atoms with Gasteiger partial charge >= 0.3 is 5.97 Å². The first kappa shape index (κ1) is 14.2. The highest BCUT2D eigenvalue weighted by molar-refractivity contribution is 5.94. The number of ether oxygens (including phenoxy) is 1. The Morgan fingerprint density at radius 2 is 2.05 bits per heavy atom. The number of nitrogens with zero attached hydrogens (tertiary/aromatic N) is 1. The molecule has 0 radical (unpaired) electrons. The fraction of sp³-hybridized carbons (Fsp3) is 0.167. The second kappa shape index (κ2) is 5.56. The maximum absolute atomic E-state index is 11.1. The van der Waals surface area contributed by atoms with E-state index in [0.717, 1.165) is 27.8 Å². The van der Waals surface area contributed by atoms with Gasteiger partial charge in [0.2, 0.25) is 0 Å². The Balaban J connectivity index is 1.93. The van der Waals surface area contributed by atoms with E-state index in [9.17, 15) is 4.79 Å². The number of benzene rings is 2. The maximum atomic E-state index is 11.1. The lowest BCUT2D eigenvalue weighted by Gasteiger charge is -2.06. The van der Waals surface area contributed by atoms with Crippen molar-refractivity contribution >= 4 is 16.9 Å². The number of aromatic carboxylic acids is 1. The van der Waals surface area contributed by atoms with Gasteiger partial charge < -0.3 is 14.4 Å². The Labute approximate surface area is 128 Å². The number of hydrogen-bond donors (Lipinski definition) is 1. The van der Waals surface area contributed by atoms with E-state index in [2.05, 4.69) is 0 Å². The van der Waals surface area contributed by atoms with E-state index in [0.29, 0.717) is 6.61 Å². The van der Waals surface area contributed by atoms with Gasteiger partial charge in [0.25, 0.3) is 0 Å². The predicted octanol–water partition coefficient (Wildman–Crippen LogP) is 3.76. The zero-order valence-electron chi connectivity index (χ0n) is 12.5. The van der Waals surface area contributed by atoms with Gasteiger partial charge in [-0.25, -0.2) is 4.79 Å². The molecule has 1 heterocycles. The van der Waals surface area contributed by atoms with Crippen molar-refractivity contribution in [1.82, 2.24) is 4.57 Å². The van der Waals surface area contributed by atoms with Gasteiger partial charge in [0.1, 0.15) is 12.4 Å². The van der Waals surface area contributed by atoms with E-state index < -0.39 is 5.97 Å². The van der Waals surface area contributed by atoms with E-state index in [-0.39, 0.29) is 5.56 Å². The molecule has 2 aromatic carbocycles. The first-order valence-electron chi connectivity index (χ1n) is 7.05. The van der Waals surface area contributed by atoms with Crippen LogP contribution in [0, 0.1) is 6.92 Å². The highest BCUT2D eigenvalue weighted by atomic mass is 16.5. The summed E-state index contributed by atoms with van der Waals surface area (Å²) in [4.78, 5) is 11.1. The van der Waals surface area contributed by atoms with E-state index in [1.54, 1.807) is 12.1 Å². The van der Waals surface area contributed by atoms with Crippen molar-refractivity contribution < 1.29 is 14.6 Å². The molecule has 0 fully saturated rings. The number of carboxylic acids is 1. The normalized spacial score (nSPS) is 10.8. The zero-order valence-corrected chi connectivity index (χ0v) is 12.5. The Hall–Kier alpha value is -2.75. The van der Waals surface area contributed by atoms with Gasteiger partial charge in [0.05, 0.1) is 5.56 Å². The van der Waals surface area contributed by atoms with Crippen molar-refractivity contribution in [2.75, 3.05) is 0 Å². The molecule has 0 saturated heterocycles. The second-order valence-corrected chi connectivity index (χ2v) is 5.41. The zero-order chi connectivity index (χ0) is 15.7. The molecule has 0 aliphatic carbocycles. The maximum Gasteiger partial charge on any atom is 0.335 e. The van der Waals surface area contributed by atoms with Crippen molar-refractivity contribution in [1.29, 1.82) is 0 Å². The molecule has 3 rings (SSSR count). The van der Waals surface area contributed by atoms with Crippen LogP contribution in [0.1, 0.15) is 21.5 Å². The van der Waals surface area contributed by atoms with Gasteiger partial charge in [-0.1, -0.05) is 12.1 Å². The first-order chi connectivity index (χ1) is 10.5. The van der Waals surface area contributed by atoms with Crippen LogP contribution in [0.3, 0.4) is 0 Å². The molecule has 0 unspecified atom stereocenters. The van der Waals surface area contributed by atoms with E-state index in [1.165, 1.54) is 0 Å². The van der Waals surface area contributed by atoms with Crippen molar-refractivity contribution in [3.8, 4) is 5.75 Å². The molecule has 0 aliphatic heterocycles. The van der Waals surface area contributed by atoms with Gasteiger partial charge in [-0.05, 0) is 42.8 Å². The topological polar surface area (TPSA) is 51.5 Å². The lowest BCUT2D eigenvalue weighted by atomic mass is 10.1. The summed E-state index contributed by atoms with van der Waals surface area (Å²) in [5.41, 5.74) is 3.40. The average Bonchev–Trinajstić information content (AvgIpc) is 2.81. The highest BCUT2D eigenvalue weighted by Gasteiger charge is 2.11. The molecular weight excluding hydrogens is 278 g/mol. The van der Waals surface area contributed by atoms with Crippen molar-refractivity contribution in [2.24, 2.45) is 7.05 Å². The monoisotopic (exact) mass is 295 g/mol. The number of aromatic nitrogens is 1. The lowest BCUT2D eigenvalue weighted by molar-refractivity contribution is 0.0697. The Kier molecular flexibility index (Phi) is 3.59. The molecule has 0 spiro atoms. The minimum atomic E-state index is -0.920. The lowest BCUT2D eigenvalue weighted by Crippen LogP contribution is -1.97. The van der Waals surface area contributed by atoms with E-state index >= 15 is 0 Å². The molecule has 4 nitrogen and oxygen atoms in total. The standard InChI is InChI=1S/C18H17NO3/c1-12-4-3-5-15(8-12)22-11-14-10-19(2)17-7-6-13(18(20)21)9-16(14)17/h3-10H,11H2,1-2H3,(H,20,21). The number of carboxylic acid groups (broad SMARTS) is 1. The van der Waals surface area contributed by atoms with Crippen LogP contribution in [-0.2, 0) is 13.7 Å². The van der Waals surface area contributed by atoms with Crippen LogP contribution in [0.2, 0.25) is 0 Å². The molecule has 0 aliphatic rings. The summed E-state index contributed by atoms with van der Waals surface area (Å²) in [5.74, 6) is -0.109. The minimum absolute atomic E-state index is 0.288. The largest absolute Gasteiger partial charge is 0.489 e. The van der Waals surface area contributed by atoms with Crippen molar-refractivity contribution in [3.05, 3.63) is 65.4 Å². The number of rotatable bonds is 4. The Morgan fingerprint density at radius 3 is 2.77 bits per heavy atom. The van der Waals surface area contributed by atoms with Gasteiger partial charge in [0.15, 0.2) is 0 Å². The molecular formula is C18H17NO3. The molecule has 112 valence electrons. The van der Waals surface area contributed by atoms with Gasteiger partial charge in [-0.15, -0.1) is 0 Å². The van der Waals surface area contributed by atoms with Crippen LogP contribution in [0.4, 0.5) is 0 Å². The molecule has 3 aromatic rings. The summed E-state index contributed by atoms with van der Waals surface area (Å²) in [5, 5.41) is 10.1. The summed E-state index contributed by atoms with van der Waals surface area (Å²) in [7, 11) is 1.94. The van der Waals surface area contributed by atoms with Gasteiger partial charge in [-0.2, -0.15) is 0 Å². The summed E-state index contributed by atoms with van der Waals surface area (Å²) >= 11 is 0. The van der Waals surface area contributed by atoms with Crippen LogP contribution in [0.25, 0.3) is 10.9 Å². The predicted molar refractivity (Wildman–Crippen MR) is 85.4 cm³/mol. The van der Waals surface area contributed by atoms with Crippen LogP contribution in [0.15, 0.2) is 48.7 Å². The molecule has 22 heavy (non-hydrogen) atoms. The summed E-state index contributed by atoms with van der Waals surface area (Å²) in [6.07, 6.45) is 1.98. The summed E-state index contributed by atoms with van der Waals surface area (Å²) in [6.45, 7) is 2.42. The van der Waals surface area contributed by atoms with Crippen LogP contribution < -0.4 is 4.74 Å². The SMILES string of the molecule is Cc1cccc(OCc2cn(C)c3ccc(C(=O)O)cc23)c1. The third-order valence-electron chi connectivity index (χ3n) is 3.70. The Bertz CT molecular complexity index is 849. The van der Waals surface area contributed by atoms with Crippen molar-refractivity contribution in [3.63, 3.8) is 0 Å². The highest BCUT2D eigenvalue weighted by Crippen LogP contribution is 2.24. The second-order valence-electron chi connectivity index (χ2n) is 5.41. The number of carbonyl (C=O) groups is 1. The summed E-state index contributed by atoms with van der Waals surface area (Å²) in [6, 6.07) is 13.0. The quantitative estimate of drug-likeness (QED) is 0.797. The van der Waals surface area contributed by atoms with Gasteiger partial charge in [-0.3, -0.25) is 0 Å². The van der Waals surface area contributed by atoms with E-state index in [4.69, 9.17) is 9.84 Å². The molecule has 0 amide bonds. The molecule has 0 saturated carbocycles. The molecule has 0 atom stereocenters. The van der Waals surface area contributed by atoms with E-state index in [1.807, 2.05) is 55.1 Å². The third kappa shape index (κ3) is 2.68.